The highest BCUT2D eigenvalue weighted by molar-refractivity contribution is 5.41. The van der Waals surface area contributed by atoms with Gasteiger partial charge in [0.1, 0.15) is 5.75 Å². The summed E-state index contributed by atoms with van der Waals surface area (Å²) in [7, 11) is 1.60. The van der Waals surface area contributed by atoms with E-state index in [0.717, 1.165) is 11.3 Å². The zero-order valence-electron chi connectivity index (χ0n) is 8.91. The van der Waals surface area contributed by atoms with Gasteiger partial charge in [0.15, 0.2) is 0 Å². The lowest BCUT2D eigenvalue weighted by Gasteiger charge is -2.09. The number of benzene rings is 1. The van der Waals surface area contributed by atoms with E-state index in [1.165, 1.54) is 0 Å². The van der Waals surface area contributed by atoms with Crippen molar-refractivity contribution >= 4 is 0 Å². The fourth-order valence-corrected chi connectivity index (χ4v) is 1.22. The van der Waals surface area contributed by atoms with E-state index in [9.17, 15) is 0 Å². The normalized spacial score (nSPS) is 9.67. The van der Waals surface area contributed by atoms with Crippen LogP contribution in [0.15, 0.2) is 18.2 Å². The van der Waals surface area contributed by atoms with Crippen LogP contribution in [0.25, 0.3) is 0 Å². The maximum absolute atomic E-state index is 8.75. The monoisotopic (exact) mass is 206 g/mol. The number of nitriles is 1. The molecular weight excluding hydrogens is 192 g/mol. The molecule has 80 valence electrons. The second kappa shape index (κ2) is 6.02. The van der Waals surface area contributed by atoms with Gasteiger partial charge in [0, 0.05) is 12.1 Å². The number of nitrogens with zero attached hydrogens (tertiary/aromatic N) is 1. The van der Waals surface area contributed by atoms with Gasteiger partial charge in [0.2, 0.25) is 0 Å². The van der Waals surface area contributed by atoms with Crippen LogP contribution in [0.1, 0.15) is 18.1 Å². The summed E-state index contributed by atoms with van der Waals surface area (Å²) in [5.41, 5.74) is 4.31. The van der Waals surface area contributed by atoms with E-state index in [0.29, 0.717) is 18.7 Å². The molecule has 15 heavy (non-hydrogen) atoms. The summed E-state index contributed by atoms with van der Waals surface area (Å²) < 4.78 is 5.17. The Labute approximate surface area is 89.4 Å². The Morgan fingerprint density at radius 1 is 1.47 bits per heavy atom. The molecule has 0 atom stereocenters. The standard InChI is InChI=1S/C11H14N2O2/c1-3-15-13-8-10-6-9(7-12)4-5-11(10)14-2/h4-6,13H,3,8H2,1-2H3. The van der Waals surface area contributed by atoms with Gasteiger partial charge in [-0.15, -0.1) is 0 Å². The first kappa shape index (κ1) is 11.5. The van der Waals surface area contributed by atoms with Crippen LogP contribution in [-0.2, 0) is 11.4 Å². The smallest absolute Gasteiger partial charge is 0.123 e. The fraction of sp³-hybridized carbons (Fsp3) is 0.364. The zero-order chi connectivity index (χ0) is 11.1. The minimum Gasteiger partial charge on any atom is -0.496 e. The predicted molar refractivity (Wildman–Crippen MR) is 56.2 cm³/mol. The molecule has 0 saturated heterocycles. The van der Waals surface area contributed by atoms with E-state index in [4.69, 9.17) is 14.8 Å². The Bertz CT molecular complexity index is 358. The van der Waals surface area contributed by atoms with Crippen LogP contribution in [0, 0.1) is 11.3 Å². The van der Waals surface area contributed by atoms with Gasteiger partial charge in [0.25, 0.3) is 0 Å². The lowest BCUT2D eigenvalue weighted by molar-refractivity contribution is 0.0459. The number of hydrogen-bond acceptors (Lipinski definition) is 4. The molecule has 0 aromatic heterocycles. The highest BCUT2D eigenvalue weighted by Crippen LogP contribution is 2.19. The average Bonchev–Trinajstić information content (AvgIpc) is 2.29. The zero-order valence-corrected chi connectivity index (χ0v) is 8.91. The largest absolute Gasteiger partial charge is 0.496 e. The third kappa shape index (κ3) is 3.24. The Kier molecular flexibility index (Phi) is 4.61. The number of rotatable bonds is 5. The Morgan fingerprint density at radius 3 is 2.87 bits per heavy atom. The van der Waals surface area contributed by atoms with Gasteiger partial charge >= 0.3 is 0 Å². The third-order valence-corrected chi connectivity index (χ3v) is 1.92. The van der Waals surface area contributed by atoms with Crippen LogP contribution in [0.4, 0.5) is 0 Å². The van der Waals surface area contributed by atoms with Gasteiger partial charge in [0.05, 0.1) is 25.3 Å². The molecule has 0 aliphatic heterocycles. The first-order chi connectivity index (χ1) is 7.31. The van der Waals surface area contributed by atoms with Crippen LogP contribution in [0.3, 0.4) is 0 Å². The molecule has 0 saturated carbocycles. The second-order valence-corrected chi connectivity index (χ2v) is 2.89. The molecule has 4 nitrogen and oxygen atoms in total. The maximum atomic E-state index is 8.75. The van der Waals surface area contributed by atoms with Crippen molar-refractivity contribution in [3.8, 4) is 11.8 Å². The van der Waals surface area contributed by atoms with Crippen molar-refractivity contribution in [1.82, 2.24) is 5.48 Å². The Hall–Kier alpha value is -1.57. The van der Waals surface area contributed by atoms with E-state index in [1.54, 1.807) is 25.3 Å². The highest BCUT2D eigenvalue weighted by Gasteiger charge is 2.03. The molecule has 0 fully saturated rings. The van der Waals surface area contributed by atoms with Gasteiger partial charge in [-0.05, 0) is 25.1 Å². The molecule has 1 N–H and O–H groups in total. The van der Waals surface area contributed by atoms with Gasteiger partial charge < -0.3 is 9.57 Å². The second-order valence-electron chi connectivity index (χ2n) is 2.89. The molecule has 0 aliphatic carbocycles. The average molecular weight is 206 g/mol. The SMILES string of the molecule is CCONCc1cc(C#N)ccc1OC. The van der Waals surface area contributed by atoms with E-state index in [-0.39, 0.29) is 0 Å². The van der Waals surface area contributed by atoms with Crippen molar-refractivity contribution in [2.45, 2.75) is 13.5 Å². The molecule has 0 spiro atoms. The summed E-state index contributed by atoms with van der Waals surface area (Å²) in [5.74, 6) is 0.751. The van der Waals surface area contributed by atoms with Gasteiger partial charge in [-0.1, -0.05) is 0 Å². The van der Waals surface area contributed by atoms with Crippen molar-refractivity contribution in [3.63, 3.8) is 0 Å². The van der Waals surface area contributed by atoms with Crippen LogP contribution in [-0.4, -0.2) is 13.7 Å². The Balaban J connectivity index is 2.78. The number of hydrogen-bond donors (Lipinski definition) is 1. The van der Waals surface area contributed by atoms with Crippen LogP contribution >= 0.6 is 0 Å². The predicted octanol–water partition coefficient (Wildman–Crippen LogP) is 1.61. The van der Waals surface area contributed by atoms with E-state index >= 15 is 0 Å². The summed E-state index contributed by atoms with van der Waals surface area (Å²) in [6.45, 7) is 3.02. The summed E-state index contributed by atoms with van der Waals surface area (Å²) in [6, 6.07) is 7.37. The summed E-state index contributed by atoms with van der Waals surface area (Å²) in [5, 5.41) is 8.75. The van der Waals surface area contributed by atoms with E-state index in [1.807, 2.05) is 6.92 Å². The lowest BCUT2D eigenvalue weighted by Crippen LogP contribution is -2.14. The molecule has 1 aromatic rings. The van der Waals surface area contributed by atoms with Gasteiger partial charge in [-0.3, -0.25) is 0 Å². The molecule has 0 aliphatic rings. The molecular formula is C11H14N2O2. The van der Waals surface area contributed by atoms with E-state index < -0.39 is 0 Å². The van der Waals surface area contributed by atoms with Crippen molar-refractivity contribution in [3.05, 3.63) is 29.3 Å². The minimum atomic E-state index is 0.520. The maximum Gasteiger partial charge on any atom is 0.123 e. The first-order valence-corrected chi connectivity index (χ1v) is 4.73. The summed E-state index contributed by atoms with van der Waals surface area (Å²) >= 11 is 0. The van der Waals surface area contributed by atoms with Crippen molar-refractivity contribution in [2.75, 3.05) is 13.7 Å². The molecule has 0 unspecified atom stereocenters. The quantitative estimate of drug-likeness (QED) is 0.587. The molecule has 0 heterocycles. The molecule has 0 radical (unpaired) electrons. The summed E-state index contributed by atoms with van der Waals surface area (Å²) in [4.78, 5) is 5.02. The molecule has 0 amide bonds. The summed E-state index contributed by atoms with van der Waals surface area (Å²) in [6.07, 6.45) is 0. The van der Waals surface area contributed by atoms with Crippen molar-refractivity contribution < 1.29 is 9.57 Å². The van der Waals surface area contributed by atoms with Crippen LogP contribution in [0.5, 0.6) is 5.75 Å². The highest BCUT2D eigenvalue weighted by atomic mass is 16.6. The first-order valence-electron chi connectivity index (χ1n) is 4.73. The number of ether oxygens (including phenoxy) is 1. The van der Waals surface area contributed by atoms with Gasteiger partial charge in [-0.25, -0.2) is 0 Å². The molecule has 0 bridgehead atoms. The molecule has 1 aromatic carbocycles. The molecule has 4 heteroatoms. The fourth-order valence-electron chi connectivity index (χ4n) is 1.22. The number of nitrogens with one attached hydrogen (secondary N) is 1. The van der Waals surface area contributed by atoms with Crippen molar-refractivity contribution in [1.29, 1.82) is 5.26 Å². The van der Waals surface area contributed by atoms with Gasteiger partial charge in [-0.2, -0.15) is 10.7 Å². The minimum absolute atomic E-state index is 0.520. The van der Waals surface area contributed by atoms with Crippen LogP contribution in [0.2, 0.25) is 0 Å². The lowest BCUT2D eigenvalue weighted by atomic mass is 10.1. The number of hydroxylamine groups is 1. The molecule has 1 rings (SSSR count). The Morgan fingerprint density at radius 2 is 2.27 bits per heavy atom. The topological polar surface area (TPSA) is 54.3 Å². The van der Waals surface area contributed by atoms with Crippen LogP contribution < -0.4 is 10.2 Å². The van der Waals surface area contributed by atoms with E-state index in [2.05, 4.69) is 11.5 Å². The number of methoxy groups -OCH3 is 1. The van der Waals surface area contributed by atoms with Crippen molar-refractivity contribution in [2.24, 2.45) is 0 Å². The third-order valence-electron chi connectivity index (χ3n) is 1.92.